The summed E-state index contributed by atoms with van der Waals surface area (Å²) < 4.78 is 0. The number of Topliss-reactive ketones (excluding diaryl/α,β-unsaturated/α-hetero) is 1. The van der Waals surface area contributed by atoms with Gasteiger partial charge in [-0.3, -0.25) is 9.69 Å². The monoisotopic (exact) mass is 228 g/mol. The van der Waals surface area contributed by atoms with E-state index in [1.807, 2.05) is 0 Å². The van der Waals surface area contributed by atoms with Gasteiger partial charge < -0.3 is 0 Å². The predicted molar refractivity (Wildman–Crippen MR) is 65.8 cm³/mol. The molecule has 17 heavy (non-hydrogen) atoms. The standard InChI is InChI=1S/C14H16N2O/c15-10-12-4-6-13(7-5-12)14(17)11-16-8-2-1-3-9-16/h4-7H,1-3,8-9,11H2. The van der Waals surface area contributed by atoms with E-state index in [4.69, 9.17) is 5.26 Å². The maximum atomic E-state index is 12.0. The molecule has 0 N–H and O–H groups in total. The molecular formula is C14H16N2O. The van der Waals surface area contributed by atoms with Crippen molar-refractivity contribution in [2.45, 2.75) is 19.3 Å². The lowest BCUT2D eigenvalue weighted by Gasteiger charge is -2.25. The predicted octanol–water partition coefficient (Wildman–Crippen LogP) is 2.23. The normalized spacial score (nSPS) is 16.4. The van der Waals surface area contributed by atoms with E-state index < -0.39 is 0 Å². The Labute approximate surface area is 102 Å². The van der Waals surface area contributed by atoms with Gasteiger partial charge in [0.2, 0.25) is 0 Å². The number of carbonyl (C=O) groups is 1. The van der Waals surface area contributed by atoms with Gasteiger partial charge in [0, 0.05) is 5.56 Å². The van der Waals surface area contributed by atoms with Gasteiger partial charge in [-0.05, 0) is 38.1 Å². The van der Waals surface area contributed by atoms with Crippen LogP contribution < -0.4 is 0 Å². The van der Waals surface area contributed by atoms with Gasteiger partial charge in [-0.1, -0.05) is 18.6 Å². The molecule has 0 aliphatic carbocycles. The summed E-state index contributed by atoms with van der Waals surface area (Å²) in [7, 11) is 0. The number of benzene rings is 1. The summed E-state index contributed by atoms with van der Waals surface area (Å²) in [5.41, 5.74) is 1.30. The number of likely N-dealkylation sites (tertiary alicyclic amines) is 1. The van der Waals surface area contributed by atoms with Crippen molar-refractivity contribution in [2.24, 2.45) is 0 Å². The molecule has 1 fully saturated rings. The molecule has 1 aliphatic rings. The summed E-state index contributed by atoms with van der Waals surface area (Å²) in [6.07, 6.45) is 3.67. The molecule has 2 rings (SSSR count). The van der Waals surface area contributed by atoms with Gasteiger partial charge in [0.05, 0.1) is 18.2 Å². The molecular weight excluding hydrogens is 212 g/mol. The smallest absolute Gasteiger partial charge is 0.176 e. The van der Waals surface area contributed by atoms with E-state index in [0.717, 1.165) is 13.1 Å². The Kier molecular flexibility index (Phi) is 3.89. The first kappa shape index (κ1) is 11.8. The van der Waals surface area contributed by atoms with Gasteiger partial charge in [-0.25, -0.2) is 0 Å². The number of hydrogen-bond donors (Lipinski definition) is 0. The third-order valence-corrected chi connectivity index (χ3v) is 3.15. The summed E-state index contributed by atoms with van der Waals surface area (Å²) in [5.74, 6) is 0.149. The number of nitriles is 1. The molecule has 0 amide bonds. The number of carbonyl (C=O) groups excluding carboxylic acids is 1. The Hall–Kier alpha value is -1.66. The zero-order valence-electron chi connectivity index (χ0n) is 9.85. The number of piperidine rings is 1. The highest BCUT2D eigenvalue weighted by molar-refractivity contribution is 5.97. The van der Waals surface area contributed by atoms with Crippen molar-refractivity contribution in [1.82, 2.24) is 4.90 Å². The lowest BCUT2D eigenvalue weighted by Crippen LogP contribution is -2.34. The fourth-order valence-corrected chi connectivity index (χ4v) is 2.14. The topological polar surface area (TPSA) is 44.1 Å². The lowest BCUT2D eigenvalue weighted by atomic mass is 10.1. The van der Waals surface area contributed by atoms with Crippen molar-refractivity contribution in [3.8, 4) is 6.07 Å². The number of hydrogen-bond acceptors (Lipinski definition) is 3. The van der Waals surface area contributed by atoms with Crippen molar-refractivity contribution in [1.29, 1.82) is 5.26 Å². The summed E-state index contributed by atoms with van der Waals surface area (Å²) in [4.78, 5) is 14.2. The second-order valence-electron chi connectivity index (χ2n) is 4.45. The number of rotatable bonds is 3. The molecule has 3 heteroatoms. The van der Waals surface area contributed by atoms with E-state index in [0.29, 0.717) is 17.7 Å². The van der Waals surface area contributed by atoms with Crippen LogP contribution in [0.4, 0.5) is 0 Å². The minimum atomic E-state index is 0.149. The number of nitrogens with zero attached hydrogens (tertiary/aromatic N) is 2. The summed E-state index contributed by atoms with van der Waals surface area (Å²) >= 11 is 0. The molecule has 1 aromatic rings. The van der Waals surface area contributed by atoms with Crippen LogP contribution in [-0.4, -0.2) is 30.3 Å². The average Bonchev–Trinajstić information content (AvgIpc) is 2.40. The molecule has 0 radical (unpaired) electrons. The largest absolute Gasteiger partial charge is 0.296 e. The average molecular weight is 228 g/mol. The van der Waals surface area contributed by atoms with Crippen LogP contribution in [0.15, 0.2) is 24.3 Å². The van der Waals surface area contributed by atoms with E-state index >= 15 is 0 Å². The van der Waals surface area contributed by atoms with Gasteiger partial charge in [0.1, 0.15) is 0 Å². The first-order valence-electron chi connectivity index (χ1n) is 6.05. The molecule has 1 aliphatic heterocycles. The van der Waals surface area contributed by atoms with Gasteiger partial charge in [-0.15, -0.1) is 0 Å². The van der Waals surface area contributed by atoms with Crippen LogP contribution in [0.5, 0.6) is 0 Å². The third kappa shape index (κ3) is 3.15. The minimum absolute atomic E-state index is 0.149. The molecule has 0 spiro atoms. The molecule has 1 heterocycles. The summed E-state index contributed by atoms with van der Waals surface area (Å²) in [5, 5.41) is 8.68. The van der Waals surface area contributed by atoms with Crippen LogP contribution in [0.2, 0.25) is 0 Å². The van der Waals surface area contributed by atoms with Gasteiger partial charge in [0.15, 0.2) is 5.78 Å². The van der Waals surface area contributed by atoms with E-state index in [9.17, 15) is 4.79 Å². The van der Waals surface area contributed by atoms with Crippen LogP contribution in [0, 0.1) is 11.3 Å². The SMILES string of the molecule is N#Cc1ccc(C(=O)CN2CCCCC2)cc1. The third-order valence-electron chi connectivity index (χ3n) is 3.15. The van der Waals surface area contributed by atoms with Crippen molar-refractivity contribution in [3.63, 3.8) is 0 Å². The van der Waals surface area contributed by atoms with Crippen LogP contribution in [0.1, 0.15) is 35.2 Å². The maximum absolute atomic E-state index is 12.0. The quantitative estimate of drug-likeness (QED) is 0.745. The van der Waals surface area contributed by atoms with Crippen molar-refractivity contribution >= 4 is 5.78 Å². The highest BCUT2D eigenvalue weighted by atomic mass is 16.1. The first-order valence-corrected chi connectivity index (χ1v) is 6.05. The molecule has 0 unspecified atom stereocenters. The Morgan fingerprint density at radius 3 is 2.41 bits per heavy atom. The number of ketones is 1. The minimum Gasteiger partial charge on any atom is -0.296 e. The summed E-state index contributed by atoms with van der Waals surface area (Å²) in [6.45, 7) is 2.57. The Morgan fingerprint density at radius 2 is 1.82 bits per heavy atom. The highest BCUT2D eigenvalue weighted by Crippen LogP contribution is 2.10. The molecule has 0 saturated carbocycles. The molecule has 88 valence electrons. The van der Waals surface area contributed by atoms with E-state index in [-0.39, 0.29) is 5.78 Å². The Bertz CT molecular complexity index is 425. The van der Waals surface area contributed by atoms with Crippen molar-refractivity contribution in [3.05, 3.63) is 35.4 Å². The maximum Gasteiger partial charge on any atom is 0.176 e. The van der Waals surface area contributed by atoms with Gasteiger partial charge in [-0.2, -0.15) is 5.26 Å². The first-order chi connectivity index (χ1) is 8.29. The van der Waals surface area contributed by atoms with Crippen molar-refractivity contribution < 1.29 is 4.79 Å². The second kappa shape index (κ2) is 5.60. The molecule has 3 nitrogen and oxygen atoms in total. The zero-order chi connectivity index (χ0) is 12.1. The van der Waals surface area contributed by atoms with Crippen LogP contribution in [0.25, 0.3) is 0 Å². The van der Waals surface area contributed by atoms with Crippen LogP contribution >= 0.6 is 0 Å². The van der Waals surface area contributed by atoms with E-state index in [1.54, 1.807) is 24.3 Å². The lowest BCUT2D eigenvalue weighted by molar-refractivity contribution is 0.0915. The molecule has 0 bridgehead atoms. The zero-order valence-corrected chi connectivity index (χ0v) is 9.85. The van der Waals surface area contributed by atoms with Crippen LogP contribution in [0.3, 0.4) is 0 Å². The second-order valence-corrected chi connectivity index (χ2v) is 4.45. The van der Waals surface area contributed by atoms with Gasteiger partial charge >= 0.3 is 0 Å². The molecule has 0 atom stereocenters. The van der Waals surface area contributed by atoms with Crippen molar-refractivity contribution in [2.75, 3.05) is 19.6 Å². The summed E-state index contributed by atoms with van der Waals surface area (Å²) in [6, 6.07) is 8.93. The fourth-order valence-electron chi connectivity index (χ4n) is 2.14. The fraction of sp³-hybridized carbons (Fsp3) is 0.429. The highest BCUT2D eigenvalue weighted by Gasteiger charge is 2.14. The van der Waals surface area contributed by atoms with E-state index in [2.05, 4.69) is 11.0 Å². The van der Waals surface area contributed by atoms with Gasteiger partial charge in [0.25, 0.3) is 0 Å². The van der Waals surface area contributed by atoms with E-state index in [1.165, 1.54) is 19.3 Å². The van der Waals surface area contributed by atoms with Crippen LogP contribution in [-0.2, 0) is 0 Å². The Morgan fingerprint density at radius 1 is 1.18 bits per heavy atom. The molecule has 0 aromatic heterocycles. The molecule has 1 saturated heterocycles. The molecule has 1 aromatic carbocycles. The Balaban J connectivity index is 1.96.